The summed E-state index contributed by atoms with van der Waals surface area (Å²) in [6, 6.07) is 11.1. The van der Waals surface area contributed by atoms with E-state index in [0.717, 1.165) is 5.56 Å². The van der Waals surface area contributed by atoms with E-state index in [2.05, 4.69) is 6.72 Å². The number of rotatable bonds is 2. The maximum absolute atomic E-state index is 9.30. The fourth-order valence-corrected chi connectivity index (χ4v) is 1.49. The van der Waals surface area contributed by atoms with Crippen molar-refractivity contribution in [2.75, 3.05) is 0 Å². The zero-order valence-electron chi connectivity index (χ0n) is 10.2. The Balaban J connectivity index is 0.000000861. The van der Waals surface area contributed by atoms with E-state index in [9.17, 15) is 10.2 Å². The Bertz CT molecular complexity index is 542. The summed E-state index contributed by atoms with van der Waals surface area (Å²) in [7, 11) is 0. The van der Waals surface area contributed by atoms with Gasteiger partial charge >= 0.3 is 0 Å². The molecule has 4 nitrogen and oxygen atoms in total. The van der Waals surface area contributed by atoms with Crippen LogP contribution < -0.4 is 0 Å². The van der Waals surface area contributed by atoms with E-state index in [1.165, 1.54) is 6.07 Å². The van der Waals surface area contributed by atoms with Gasteiger partial charge in [0.15, 0.2) is 0 Å². The number of hydrogen-bond acceptors (Lipinski definition) is 4. The van der Waals surface area contributed by atoms with Crippen LogP contribution in [0.3, 0.4) is 0 Å². The normalized spacial score (nSPS) is 9.89. The molecule has 0 aromatic heterocycles. The minimum absolute atomic E-state index is 0.0235. The van der Waals surface area contributed by atoms with Crippen LogP contribution in [0.15, 0.2) is 42.5 Å². The van der Waals surface area contributed by atoms with Crippen LogP contribution in [0.25, 0.3) is 12.2 Å². The Hall–Kier alpha value is -2.75. The van der Waals surface area contributed by atoms with Gasteiger partial charge in [0.2, 0.25) is 0 Å². The quantitative estimate of drug-likeness (QED) is 0.492. The lowest BCUT2D eigenvalue weighted by Gasteiger charge is -1.98. The lowest BCUT2D eigenvalue weighted by Crippen LogP contribution is -1.74. The topological polar surface area (TPSA) is 84.5 Å². The summed E-state index contributed by atoms with van der Waals surface area (Å²) < 4.78 is 0. The number of aromatic hydroxyl groups is 3. The molecule has 4 heteroatoms. The number of benzene rings is 2. The zero-order chi connectivity index (χ0) is 14.3. The van der Waals surface area contributed by atoms with Crippen molar-refractivity contribution in [3.63, 3.8) is 0 Å². The van der Waals surface area contributed by atoms with Gasteiger partial charge in [-0.3, -0.25) is 0 Å². The highest BCUT2D eigenvalue weighted by Gasteiger charge is 1.95. The maximum Gasteiger partial charge on any atom is 0.119 e. The lowest BCUT2D eigenvalue weighted by molar-refractivity contribution is 0.450. The molecular weight excluding hydrogens is 242 g/mol. The molecule has 0 bridgehead atoms. The molecule has 2 rings (SSSR count). The molecule has 0 saturated heterocycles. The lowest BCUT2D eigenvalue weighted by atomic mass is 10.1. The summed E-state index contributed by atoms with van der Waals surface area (Å²) in [5, 5.41) is 33.2. The van der Waals surface area contributed by atoms with Crippen LogP contribution in [0.5, 0.6) is 17.2 Å². The summed E-state index contributed by atoms with van der Waals surface area (Å²) in [6.45, 7) is 2.50. The smallest absolute Gasteiger partial charge is 0.119 e. The van der Waals surface area contributed by atoms with E-state index in [1.807, 2.05) is 6.08 Å². The van der Waals surface area contributed by atoms with Crippen LogP contribution in [0.4, 0.5) is 0 Å². The van der Waals surface area contributed by atoms with Gasteiger partial charge < -0.3 is 20.7 Å². The first-order chi connectivity index (χ1) is 9.13. The molecule has 4 N–H and O–H groups in total. The Kier molecular flexibility index (Phi) is 5.17. The number of phenolic OH excluding ortho intramolecular Hbond substituents is 3. The van der Waals surface area contributed by atoms with Gasteiger partial charge in [-0.25, -0.2) is 0 Å². The van der Waals surface area contributed by atoms with Gasteiger partial charge in [-0.2, -0.15) is 0 Å². The first kappa shape index (κ1) is 14.3. The predicted molar refractivity (Wildman–Crippen MR) is 76.6 cm³/mol. The summed E-state index contributed by atoms with van der Waals surface area (Å²) in [6.07, 6.45) is 3.60. The molecule has 0 aliphatic heterocycles. The molecule has 2 aromatic rings. The molecule has 0 heterocycles. The van der Waals surface area contributed by atoms with Gasteiger partial charge in [-0.05, 0) is 42.1 Å². The van der Waals surface area contributed by atoms with E-state index in [-0.39, 0.29) is 17.2 Å². The van der Waals surface area contributed by atoms with Crippen molar-refractivity contribution in [3.05, 3.63) is 53.6 Å². The number of hydrogen-bond donors (Lipinski definition) is 4. The molecular formula is C15H15NO3. The van der Waals surface area contributed by atoms with E-state index in [1.54, 1.807) is 42.5 Å². The average molecular weight is 257 g/mol. The second-order valence-corrected chi connectivity index (χ2v) is 3.71. The van der Waals surface area contributed by atoms with Crippen molar-refractivity contribution in [1.29, 1.82) is 5.41 Å². The van der Waals surface area contributed by atoms with Crippen molar-refractivity contribution in [2.45, 2.75) is 0 Å². The number of phenols is 3. The zero-order valence-corrected chi connectivity index (χ0v) is 10.2. The molecule has 0 fully saturated rings. The van der Waals surface area contributed by atoms with E-state index in [0.29, 0.717) is 5.56 Å². The van der Waals surface area contributed by atoms with Crippen LogP contribution in [0.1, 0.15) is 11.1 Å². The van der Waals surface area contributed by atoms with Crippen molar-refractivity contribution in [2.24, 2.45) is 0 Å². The number of nitrogens with one attached hydrogen (secondary N) is 1. The molecule has 0 unspecified atom stereocenters. The van der Waals surface area contributed by atoms with Crippen LogP contribution in [-0.4, -0.2) is 22.0 Å². The first-order valence-corrected chi connectivity index (χ1v) is 5.49. The van der Waals surface area contributed by atoms with Crippen LogP contribution >= 0.6 is 0 Å². The molecule has 0 atom stereocenters. The van der Waals surface area contributed by atoms with Crippen molar-refractivity contribution >= 4 is 18.9 Å². The summed E-state index contributed by atoms with van der Waals surface area (Å²) in [4.78, 5) is 0. The highest BCUT2D eigenvalue weighted by atomic mass is 16.3. The molecule has 2 aromatic carbocycles. The van der Waals surface area contributed by atoms with Gasteiger partial charge in [0, 0.05) is 6.07 Å². The molecule has 19 heavy (non-hydrogen) atoms. The van der Waals surface area contributed by atoms with E-state index >= 15 is 0 Å². The van der Waals surface area contributed by atoms with Crippen molar-refractivity contribution < 1.29 is 15.3 Å². The van der Waals surface area contributed by atoms with E-state index in [4.69, 9.17) is 10.5 Å². The highest BCUT2D eigenvalue weighted by Crippen LogP contribution is 2.22. The monoisotopic (exact) mass is 257 g/mol. The molecule has 0 spiro atoms. The third-order valence-corrected chi connectivity index (χ3v) is 2.29. The molecule has 0 radical (unpaired) electrons. The molecule has 98 valence electrons. The van der Waals surface area contributed by atoms with Crippen LogP contribution in [0.2, 0.25) is 0 Å². The standard InChI is InChI=1S/C14H12O3.CH3N/c15-12-5-3-10(4-6-12)1-2-11-7-13(16)9-14(17)8-11;1-2/h1-9,15-17H;2H,1H2. The largest absolute Gasteiger partial charge is 0.508 e. The summed E-state index contributed by atoms with van der Waals surface area (Å²) in [5.74, 6) is 0.267. The Morgan fingerprint density at radius 2 is 1.16 bits per heavy atom. The van der Waals surface area contributed by atoms with Gasteiger partial charge in [0.25, 0.3) is 0 Å². The van der Waals surface area contributed by atoms with E-state index < -0.39 is 0 Å². The summed E-state index contributed by atoms with van der Waals surface area (Å²) in [5.41, 5.74) is 1.63. The highest BCUT2D eigenvalue weighted by molar-refractivity contribution is 5.71. The summed E-state index contributed by atoms with van der Waals surface area (Å²) >= 11 is 0. The Morgan fingerprint density at radius 1 is 0.684 bits per heavy atom. The minimum atomic E-state index is 0.0235. The maximum atomic E-state index is 9.30. The van der Waals surface area contributed by atoms with Gasteiger partial charge in [0.05, 0.1) is 0 Å². The molecule has 0 saturated carbocycles. The molecule has 0 aliphatic rings. The fraction of sp³-hybridized carbons (Fsp3) is 0. The first-order valence-electron chi connectivity index (χ1n) is 5.49. The Morgan fingerprint density at radius 3 is 1.68 bits per heavy atom. The van der Waals surface area contributed by atoms with Crippen molar-refractivity contribution in [3.8, 4) is 17.2 Å². The minimum Gasteiger partial charge on any atom is -0.508 e. The van der Waals surface area contributed by atoms with Crippen LogP contribution in [0, 0.1) is 5.41 Å². The molecule has 0 aliphatic carbocycles. The third kappa shape index (κ3) is 4.55. The Labute approximate surface area is 111 Å². The fourth-order valence-electron chi connectivity index (χ4n) is 1.49. The van der Waals surface area contributed by atoms with Crippen LogP contribution in [-0.2, 0) is 0 Å². The third-order valence-electron chi connectivity index (χ3n) is 2.29. The second-order valence-electron chi connectivity index (χ2n) is 3.71. The van der Waals surface area contributed by atoms with Crippen molar-refractivity contribution in [1.82, 2.24) is 0 Å². The van der Waals surface area contributed by atoms with Gasteiger partial charge in [-0.15, -0.1) is 0 Å². The SMILES string of the molecule is C=N.Oc1ccc(C=Cc2cc(O)cc(O)c2)cc1. The van der Waals surface area contributed by atoms with Gasteiger partial charge in [0.1, 0.15) is 17.2 Å². The average Bonchev–Trinajstić information content (AvgIpc) is 2.39. The molecule has 0 amide bonds. The second kappa shape index (κ2) is 6.86. The predicted octanol–water partition coefficient (Wildman–Crippen LogP) is 3.24. The van der Waals surface area contributed by atoms with Gasteiger partial charge in [-0.1, -0.05) is 24.3 Å².